The molecule has 0 unspecified atom stereocenters. The smallest absolute Gasteiger partial charge is 0.267 e. The van der Waals surface area contributed by atoms with Crippen LogP contribution in [-0.2, 0) is 4.79 Å². The van der Waals surface area contributed by atoms with Gasteiger partial charge in [-0.15, -0.1) is 11.3 Å². The van der Waals surface area contributed by atoms with Crippen molar-refractivity contribution in [1.82, 2.24) is 14.9 Å². The van der Waals surface area contributed by atoms with Crippen LogP contribution in [0.3, 0.4) is 0 Å². The second-order valence-electron chi connectivity index (χ2n) is 7.53. The first-order chi connectivity index (χ1) is 14.0. The summed E-state index contributed by atoms with van der Waals surface area (Å²) >= 11 is 2.86. The Balaban J connectivity index is 1.65. The van der Waals surface area contributed by atoms with E-state index in [1.807, 2.05) is 44.2 Å². The number of benzene rings is 1. The Bertz CT molecular complexity index is 1080. The van der Waals surface area contributed by atoms with E-state index in [1.165, 1.54) is 42.4 Å². The Kier molecular flexibility index (Phi) is 6.06. The molecule has 7 heteroatoms. The summed E-state index contributed by atoms with van der Waals surface area (Å²) in [6, 6.07) is 9.81. The van der Waals surface area contributed by atoms with Crippen molar-refractivity contribution >= 4 is 39.2 Å². The number of carbonyl (C=O) groups excluding carboxylic acids is 1. The Morgan fingerprint density at radius 2 is 1.93 bits per heavy atom. The average Bonchev–Trinajstić information content (AvgIpc) is 3.01. The van der Waals surface area contributed by atoms with Gasteiger partial charge in [-0.3, -0.25) is 14.2 Å². The van der Waals surface area contributed by atoms with Crippen molar-refractivity contribution in [2.24, 2.45) is 0 Å². The van der Waals surface area contributed by atoms with Gasteiger partial charge in [0.2, 0.25) is 5.91 Å². The minimum Gasteiger partial charge on any atom is -0.353 e. The third-order valence-corrected chi connectivity index (χ3v) is 7.53. The maximum atomic E-state index is 13.4. The lowest BCUT2D eigenvalue weighted by Crippen LogP contribution is -2.37. The van der Waals surface area contributed by atoms with Crippen molar-refractivity contribution in [1.29, 1.82) is 0 Å². The van der Waals surface area contributed by atoms with E-state index in [9.17, 15) is 9.59 Å². The lowest BCUT2D eigenvalue weighted by molar-refractivity contribution is -0.119. The monoisotopic (exact) mass is 427 g/mol. The molecule has 0 saturated heterocycles. The highest BCUT2D eigenvalue weighted by Crippen LogP contribution is 2.29. The molecule has 0 aliphatic heterocycles. The number of hydrogen-bond donors (Lipinski definition) is 1. The van der Waals surface area contributed by atoms with Crippen LogP contribution in [0.5, 0.6) is 0 Å². The maximum absolute atomic E-state index is 13.4. The van der Waals surface area contributed by atoms with Crippen LogP contribution in [0.1, 0.15) is 42.5 Å². The molecule has 1 aromatic carbocycles. The topological polar surface area (TPSA) is 64.0 Å². The molecule has 2 heterocycles. The highest BCUT2D eigenvalue weighted by Gasteiger charge is 2.20. The van der Waals surface area contributed by atoms with Crippen molar-refractivity contribution in [3.05, 3.63) is 51.1 Å². The molecule has 5 nitrogen and oxygen atoms in total. The van der Waals surface area contributed by atoms with Gasteiger partial charge in [0.05, 0.1) is 16.8 Å². The predicted molar refractivity (Wildman–Crippen MR) is 120 cm³/mol. The standard InChI is InChI=1S/C22H25N3O2S2/c1-14-15(2)29-20-19(14)21(27)25(17-11-7-4-8-12-17)22(24-20)28-13-18(26)23-16-9-5-3-6-10-16/h4,7-8,11-12,16H,3,5-6,9-10,13H2,1-2H3,(H,23,26). The average molecular weight is 428 g/mol. The molecule has 0 radical (unpaired) electrons. The third-order valence-electron chi connectivity index (χ3n) is 5.49. The molecule has 1 aliphatic rings. The van der Waals surface area contributed by atoms with Crippen LogP contribution < -0.4 is 10.9 Å². The molecule has 1 amide bonds. The van der Waals surface area contributed by atoms with E-state index in [1.54, 1.807) is 4.57 Å². The van der Waals surface area contributed by atoms with Gasteiger partial charge in [-0.2, -0.15) is 0 Å². The number of nitrogens with zero attached hydrogens (tertiary/aromatic N) is 2. The van der Waals surface area contributed by atoms with Gasteiger partial charge in [0.25, 0.3) is 5.56 Å². The molecule has 1 fully saturated rings. The van der Waals surface area contributed by atoms with Gasteiger partial charge >= 0.3 is 0 Å². The molecule has 0 bridgehead atoms. The molecule has 0 spiro atoms. The van der Waals surface area contributed by atoms with Crippen molar-refractivity contribution in [2.45, 2.75) is 57.1 Å². The van der Waals surface area contributed by atoms with Gasteiger partial charge in [0.1, 0.15) is 4.83 Å². The maximum Gasteiger partial charge on any atom is 0.267 e. The van der Waals surface area contributed by atoms with Gasteiger partial charge in [0.15, 0.2) is 5.16 Å². The number of rotatable bonds is 5. The zero-order valence-corrected chi connectivity index (χ0v) is 18.4. The van der Waals surface area contributed by atoms with Crippen molar-refractivity contribution < 1.29 is 4.79 Å². The number of aromatic nitrogens is 2. The SMILES string of the molecule is Cc1sc2nc(SCC(=O)NC3CCCCC3)n(-c3ccccc3)c(=O)c2c1C. The summed E-state index contributed by atoms with van der Waals surface area (Å²) in [6.07, 6.45) is 5.74. The number of thiophene rings is 1. The summed E-state index contributed by atoms with van der Waals surface area (Å²) in [5.74, 6) is 0.263. The third kappa shape index (κ3) is 4.26. The molecule has 4 rings (SSSR count). The van der Waals surface area contributed by atoms with E-state index in [0.717, 1.165) is 33.8 Å². The van der Waals surface area contributed by atoms with E-state index in [0.29, 0.717) is 10.5 Å². The van der Waals surface area contributed by atoms with Crippen LogP contribution in [0.15, 0.2) is 40.3 Å². The second kappa shape index (κ2) is 8.71. The van der Waals surface area contributed by atoms with E-state index in [4.69, 9.17) is 4.98 Å². The highest BCUT2D eigenvalue weighted by molar-refractivity contribution is 7.99. The fraction of sp³-hybridized carbons (Fsp3) is 0.409. The van der Waals surface area contributed by atoms with Gasteiger partial charge in [-0.05, 0) is 44.4 Å². The second-order valence-corrected chi connectivity index (χ2v) is 9.67. The van der Waals surface area contributed by atoms with Gasteiger partial charge < -0.3 is 5.32 Å². The largest absolute Gasteiger partial charge is 0.353 e. The van der Waals surface area contributed by atoms with Crippen molar-refractivity contribution in [2.75, 3.05) is 5.75 Å². The van der Waals surface area contributed by atoms with Gasteiger partial charge in [-0.1, -0.05) is 49.2 Å². The molecule has 1 saturated carbocycles. The summed E-state index contributed by atoms with van der Waals surface area (Å²) in [5.41, 5.74) is 1.68. The molecule has 29 heavy (non-hydrogen) atoms. The van der Waals surface area contributed by atoms with Crippen LogP contribution >= 0.6 is 23.1 Å². The number of carbonyl (C=O) groups is 1. The Morgan fingerprint density at radius 3 is 2.66 bits per heavy atom. The van der Waals surface area contributed by atoms with Crippen LogP contribution in [-0.4, -0.2) is 27.3 Å². The molecule has 0 atom stereocenters. The van der Waals surface area contributed by atoms with Crippen LogP contribution in [0.25, 0.3) is 15.9 Å². The minimum absolute atomic E-state index is 0.00870. The number of thioether (sulfide) groups is 1. The fourth-order valence-electron chi connectivity index (χ4n) is 3.82. The summed E-state index contributed by atoms with van der Waals surface area (Å²) < 4.78 is 1.64. The summed E-state index contributed by atoms with van der Waals surface area (Å²) in [7, 11) is 0. The predicted octanol–water partition coefficient (Wildman–Crippen LogP) is 4.61. The van der Waals surface area contributed by atoms with Crippen LogP contribution in [0.4, 0.5) is 0 Å². The Labute approximate surface area is 178 Å². The van der Waals surface area contributed by atoms with Crippen LogP contribution in [0, 0.1) is 13.8 Å². The van der Waals surface area contributed by atoms with E-state index in [-0.39, 0.29) is 23.3 Å². The van der Waals surface area contributed by atoms with E-state index >= 15 is 0 Å². The summed E-state index contributed by atoms with van der Waals surface area (Å²) in [4.78, 5) is 32.5. The number of aryl methyl sites for hydroxylation is 2. The summed E-state index contributed by atoms with van der Waals surface area (Å²) in [5, 5.41) is 4.38. The number of hydrogen-bond acceptors (Lipinski definition) is 5. The molecule has 3 aromatic rings. The lowest BCUT2D eigenvalue weighted by atomic mass is 9.95. The normalized spacial score (nSPS) is 15.0. The van der Waals surface area contributed by atoms with Crippen molar-refractivity contribution in [3.63, 3.8) is 0 Å². The lowest BCUT2D eigenvalue weighted by Gasteiger charge is -2.22. The molecular weight excluding hydrogens is 402 g/mol. The zero-order chi connectivity index (χ0) is 20.4. The molecule has 1 aliphatic carbocycles. The van der Waals surface area contributed by atoms with Crippen LogP contribution in [0.2, 0.25) is 0 Å². The number of para-hydroxylation sites is 1. The first-order valence-electron chi connectivity index (χ1n) is 10.0. The quantitative estimate of drug-likeness (QED) is 0.477. The van der Waals surface area contributed by atoms with Gasteiger partial charge in [0, 0.05) is 10.9 Å². The van der Waals surface area contributed by atoms with Gasteiger partial charge in [-0.25, -0.2) is 4.98 Å². The van der Waals surface area contributed by atoms with E-state index < -0.39 is 0 Å². The Morgan fingerprint density at radius 1 is 1.21 bits per heavy atom. The highest BCUT2D eigenvalue weighted by atomic mass is 32.2. The summed E-state index contributed by atoms with van der Waals surface area (Å²) in [6.45, 7) is 3.98. The Hall–Kier alpha value is -2.12. The first kappa shape index (κ1) is 20.2. The fourth-order valence-corrected chi connectivity index (χ4v) is 5.72. The van der Waals surface area contributed by atoms with E-state index in [2.05, 4.69) is 5.32 Å². The number of nitrogens with one attached hydrogen (secondary N) is 1. The molecule has 1 N–H and O–H groups in total. The number of amides is 1. The molecule has 2 aromatic heterocycles. The molecule has 152 valence electrons. The molecular formula is C22H25N3O2S2. The zero-order valence-electron chi connectivity index (χ0n) is 16.7. The minimum atomic E-state index is -0.0711. The first-order valence-corrected chi connectivity index (χ1v) is 11.8. The number of fused-ring (bicyclic) bond motifs is 1. The van der Waals surface area contributed by atoms with Crippen molar-refractivity contribution in [3.8, 4) is 5.69 Å².